The van der Waals surface area contributed by atoms with Gasteiger partial charge in [-0.15, -0.1) is 10.2 Å². The summed E-state index contributed by atoms with van der Waals surface area (Å²) in [5, 5.41) is 1.58. The fourth-order valence-electron chi connectivity index (χ4n) is 1.86. The average molecular weight is 570 g/mol. The Labute approximate surface area is 169 Å². The summed E-state index contributed by atoms with van der Waals surface area (Å²) in [6.45, 7) is 4.57. The summed E-state index contributed by atoms with van der Waals surface area (Å²) >= 11 is 0. The molecule has 1 aromatic heterocycles. The number of hydrogen-bond acceptors (Lipinski definition) is 5. The van der Waals surface area contributed by atoms with Crippen molar-refractivity contribution < 1.29 is 51.3 Å². The fraction of sp³-hybridized carbons (Fsp3) is 0.353. The predicted molar refractivity (Wildman–Crippen MR) is 87.5 cm³/mol. The van der Waals surface area contributed by atoms with E-state index in [-0.39, 0.29) is 30.3 Å². The third-order valence-electron chi connectivity index (χ3n) is 2.67. The van der Waals surface area contributed by atoms with Crippen LogP contribution in [0.5, 0.6) is 0 Å². The number of aromatic nitrogens is 1. The van der Waals surface area contributed by atoms with E-state index in [9.17, 15) is 0 Å². The van der Waals surface area contributed by atoms with Crippen LogP contribution >= 0.6 is 7.92 Å². The van der Waals surface area contributed by atoms with Gasteiger partial charge in [0.25, 0.3) is 0 Å². The van der Waals surface area contributed by atoms with Crippen LogP contribution in [0.4, 0.5) is 0 Å². The Balaban J connectivity index is 0. The van der Waals surface area contributed by atoms with Gasteiger partial charge >= 0.3 is 22.4 Å². The van der Waals surface area contributed by atoms with Gasteiger partial charge in [0.2, 0.25) is 0 Å². The van der Waals surface area contributed by atoms with Crippen molar-refractivity contribution in [3.8, 4) is 0 Å². The third kappa shape index (κ3) is 19.8. The average Bonchev–Trinajstić information content (AvgIpc) is 2.56. The molecule has 0 saturated carbocycles. The minimum absolute atomic E-state index is 0. The van der Waals surface area contributed by atoms with Crippen LogP contribution in [-0.4, -0.2) is 17.3 Å². The largest absolute Gasteiger partial charge is 1.00 e. The van der Waals surface area contributed by atoms with Gasteiger partial charge in [-0.2, -0.15) is 0 Å². The minimum atomic E-state index is -4.94. The molecule has 0 aliphatic heterocycles. The molecular formula is C17H24AuClNO4P. The summed E-state index contributed by atoms with van der Waals surface area (Å²) in [6.07, 6.45) is 8.93. The van der Waals surface area contributed by atoms with Crippen LogP contribution < -0.4 is 23.9 Å². The molecule has 144 valence electrons. The van der Waals surface area contributed by atoms with Gasteiger partial charge in [-0.1, -0.05) is 71.0 Å². The molecule has 0 unspecified atom stereocenters. The van der Waals surface area contributed by atoms with Crippen LogP contribution in [0.2, 0.25) is 0 Å². The van der Waals surface area contributed by atoms with E-state index in [0.29, 0.717) is 0 Å². The monoisotopic (exact) mass is 569 g/mol. The van der Waals surface area contributed by atoms with Gasteiger partial charge in [-0.05, 0) is 29.8 Å². The molecule has 0 saturated heterocycles. The molecule has 0 atom stereocenters. The molecule has 0 fully saturated rings. The molecule has 0 spiro atoms. The van der Waals surface area contributed by atoms with E-state index in [1.165, 1.54) is 25.2 Å². The molecule has 8 heteroatoms. The molecule has 2 rings (SSSR count). The van der Waals surface area contributed by atoms with Crippen LogP contribution in [0.3, 0.4) is 0 Å². The SMILES string of the molecule is CCCP(CCC)c1ccccc1.[Au+].[O-][Cl+3]([O-])([O-])[O-].c1ccncc1. The van der Waals surface area contributed by atoms with Crippen molar-refractivity contribution in [2.45, 2.75) is 26.7 Å². The first kappa shape index (κ1) is 26.9. The molecular weight excluding hydrogens is 546 g/mol. The molecule has 5 nitrogen and oxygen atoms in total. The number of benzene rings is 1. The zero-order chi connectivity index (χ0) is 18.3. The second-order valence-electron chi connectivity index (χ2n) is 4.73. The van der Waals surface area contributed by atoms with Crippen LogP contribution in [-0.2, 0) is 22.4 Å². The summed E-state index contributed by atoms with van der Waals surface area (Å²) < 4.78 is 34.0. The molecule has 1 heterocycles. The number of nitrogens with zero attached hydrogens (tertiary/aromatic N) is 1. The van der Waals surface area contributed by atoms with E-state index >= 15 is 0 Å². The van der Waals surface area contributed by atoms with Gasteiger partial charge < -0.3 is 0 Å². The molecule has 0 aliphatic carbocycles. The van der Waals surface area contributed by atoms with Crippen molar-refractivity contribution in [2.24, 2.45) is 0 Å². The molecule has 0 bridgehead atoms. The molecule has 2 aromatic rings. The van der Waals surface area contributed by atoms with Crippen LogP contribution in [0.15, 0.2) is 60.9 Å². The van der Waals surface area contributed by atoms with Crippen molar-refractivity contribution in [3.05, 3.63) is 60.9 Å². The first-order valence-electron chi connectivity index (χ1n) is 7.65. The maximum Gasteiger partial charge on any atom is 1.00 e. The Morgan fingerprint density at radius 3 is 1.48 bits per heavy atom. The Bertz CT molecular complexity index is 464. The predicted octanol–water partition coefficient (Wildman–Crippen LogP) is -0.0631. The second kappa shape index (κ2) is 17.1. The smallest absolute Gasteiger partial charge is 0.265 e. The van der Waals surface area contributed by atoms with Crippen LogP contribution in [0.1, 0.15) is 26.7 Å². The Morgan fingerprint density at radius 1 is 0.800 bits per heavy atom. The first-order valence-corrected chi connectivity index (χ1v) is 10.6. The van der Waals surface area contributed by atoms with Crippen LogP contribution in [0, 0.1) is 10.2 Å². The number of pyridine rings is 1. The Morgan fingerprint density at radius 2 is 1.20 bits per heavy atom. The number of halogens is 1. The molecule has 1 aromatic carbocycles. The Kier molecular flexibility index (Phi) is 18.4. The maximum absolute atomic E-state index is 8.49. The van der Waals surface area contributed by atoms with E-state index in [2.05, 4.69) is 49.2 Å². The zero-order valence-corrected chi connectivity index (χ0v) is 18.1. The topological polar surface area (TPSA) is 105 Å². The zero-order valence-electron chi connectivity index (χ0n) is 14.3. The van der Waals surface area contributed by atoms with E-state index in [1.807, 2.05) is 18.2 Å². The number of rotatable bonds is 5. The van der Waals surface area contributed by atoms with E-state index in [1.54, 1.807) is 17.7 Å². The quantitative estimate of drug-likeness (QED) is 0.371. The van der Waals surface area contributed by atoms with Crippen molar-refractivity contribution in [3.63, 3.8) is 0 Å². The minimum Gasteiger partial charge on any atom is -0.265 e. The summed E-state index contributed by atoms with van der Waals surface area (Å²) in [4.78, 5) is 3.78. The van der Waals surface area contributed by atoms with Crippen LogP contribution in [0.25, 0.3) is 0 Å². The van der Waals surface area contributed by atoms with Gasteiger partial charge in [-0.3, -0.25) is 4.98 Å². The summed E-state index contributed by atoms with van der Waals surface area (Å²) in [6, 6.07) is 16.7. The van der Waals surface area contributed by atoms with Crippen molar-refractivity contribution in [1.29, 1.82) is 0 Å². The first-order chi connectivity index (χ1) is 11.4. The molecule has 0 amide bonds. The van der Waals surface area contributed by atoms with Crippen molar-refractivity contribution in [2.75, 3.05) is 12.3 Å². The molecule has 0 aliphatic rings. The number of hydrogen-bond donors (Lipinski definition) is 0. The van der Waals surface area contributed by atoms with Gasteiger partial charge in [0.15, 0.2) is 0 Å². The van der Waals surface area contributed by atoms with E-state index in [0.717, 1.165) is 0 Å². The van der Waals surface area contributed by atoms with Crippen molar-refractivity contribution in [1.82, 2.24) is 4.98 Å². The van der Waals surface area contributed by atoms with Gasteiger partial charge in [0.1, 0.15) is 0 Å². The summed E-state index contributed by atoms with van der Waals surface area (Å²) in [5.41, 5.74) is 0. The second-order valence-corrected chi connectivity index (χ2v) is 7.97. The molecule has 0 radical (unpaired) electrons. The molecule has 0 N–H and O–H groups in total. The Hall–Kier alpha value is -0.330. The van der Waals surface area contributed by atoms with Gasteiger partial charge in [-0.25, -0.2) is 18.6 Å². The van der Waals surface area contributed by atoms with E-state index in [4.69, 9.17) is 18.6 Å². The van der Waals surface area contributed by atoms with E-state index < -0.39 is 10.2 Å². The summed E-state index contributed by atoms with van der Waals surface area (Å²) in [5.74, 6) is 0. The maximum atomic E-state index is 8.49. The standard InChI is InChI=1S/C12H19P.C5H5N.Au.ClHO4/c1-3-10-13(11-4-2)12-8-6-5-7-9-12;1-2-4-6-5-3-1;;2-1(3,4)5/h5-9H,3-4,10-11H2,1-2H3;1-5H;;(H,2,3,4,5)/q;;+1;/p-1. The fourth-order valence-corrected chi connectivity index (χ4v) is 4.27. The summed E-state index contributed by atoms with van der Waals surface area (Å²) in [7, 11) is -4.80. The normalized spacial score (nSPS) is 9.88. The van der Waals surface area contributed by atoms with Gasteiger partial charge in [0, 0.05) is 12.4 Å². The third-order valence-corrected chi connectivity index (χ3v) is 5.68. The molecule has 25 heavy (non-hydrogen) atoms. The van der Waals surface area contributed by atoms with Gasteiger partial charge in [0.05, 0.1) is 0 Å². The van der Waals surface area contributed by atoms with Crippen molar-refractivity contribution >= 4 is 13.2 Å².